The minimum absolute atomic E-state index is 0.472. The number of halogens is 1. The predicted molar refractivity (Wildman–Crippen MR) is 38.6 cm³/mol. The smallest absolute Gasteiger partial charge is 0.406 e. The summed E-state index contributed by atoms with van der Waals surface area (Å²) in [5.74, 6) is 0. The molecule has 4 nitrogen and oxygen atoms in total. The molecule has 5 heteroatoms. The van der Waals surface area contributed by atoms with E-state index in [1.54, 1.807) is 6.92 Å². The van der Waals surface area contributed by atoms with Crippen LogP contribution >= 0.6 is 11.6 Å². The largest absolute Gasteiger partial charge is 0.427 e. The van der Waals surface area contributed by atoms with Gasteiger partial charge in [-0.3, -0.25) is 5.73 Å². The molecule has 2 atom stereocenters. The SMILES string of the molecule is CC(Cl)C(C)(N)OC(N)=O. The second kappa shape index (κ2) is 3.07. The zero-order chi connectivity index (χ0) is 8.36. The highest BCUT2D eigenvalue weighted by molar-refractivity contribution is 6.21. The number of hydrogen-bond acceptors (Lipinski definition) is 3. The number of nitrogens with two attached hydrogens (primary N) is 2. The van der Waals surface area contributed by atoms with Gasteiger partial charge in [-0.25, -0.2) is 4.79 Å². The lowest BCUT2D eigenvalue weighted by Crippen LogP contribution is -2.49. The van der Waals surface area contributed by atoms with Gasteiger partial charge in [-0.1, -0.05) is 0 Å². The zero-order valence-electron chi connectivity index (χ0n) is 5.93. The highest BCUT2D eigenvalue weighted by atomic mass is 35.5. The number of amides is 1. The van der Waals surface area contributed by atoms with Crippen LogP contribution in [0.15, 0.2) is 0 Å². The van der Waals surface area contributed by atoms with E-state index in [9.17, 15) is 4.79 Å². The molecule has 60 valence electrons. The van der Waals surface area contributed by atoms with Gasteiger partial charge in [0.15, 0.2) is 5.72 Å². The van der Waals surface area contributed by atoms with Crippen LogP contribution in [-0.2, 0) is 4.74 Å². The first kappa shape index (κ1) is 9.52. The Morgan fingerprint density at radius 2 is 2.20 bits per heavy atom. The average Bonchev–Trinajstić information content (AvgIpc) is 1.60. The van der Waals surface area contributed by atoms with Crippen molar-refractivity contribution in [3.8, 4) is 0 Å². The first-order valence-corrected chi connectivity index (χ1v) is 3.21. The van der Waals surface area contributed by atoms with Crippen molar-refractivity contribution < 1.29 is 9.53 Å². The summed E-state index contributed by atoms with van der Waals surface area (Å²) in [5.41, 5.74) is 8.93. The Morgan fingerprint density at radius 1 is 1.80 bits per heavy atom. The lowest BCUT2D eigenvalue weighted by Gasteiger charge is -2.25. The highest BCUT2D eigenvalue weighted by Gasteiger charge is 2.28. The van der Waals surface area contributed by atoms with E-state index in [0.717, 1.165) is 0 Å². The molecule has 0 aromatic carbocycles. The quantitative estimate of drug-likeness (QED) is 0.460. The number of carbonyl (C=O) groups excluding carboxylic acids is 1. The van der Waals surface area contributed by atoms with E-state index in [4.69, 9.17) is 23.1 Å². The van der Waals surface area contributed by atoms with Crippen LogP contribution in [0.3, 0.4) is 0 Å². The number of carbonyl (C=O) groups is 1. The fourth-order valence-electron chi connectivity index (χ4n) is 0.298. The van der Waals surface area contributed by atoms with Gasteiger partial charge < -0.3 is 10.5 Å². The zero-order valence-corrected chi connectivity index (χ0v) is 6.68. The van der Waals surface area contributed by atoms with Crippen molar-refractivity contribution in [2.75, 3.05) is 0 Å². The van der Waals surface area contributed by atoms with Crippen molar-refractivity contribution in [3.63, 3.8) is 0 Å². The molecule has 4 N–H and O–H groups in total. The summed E-state index contributed by atoms with van der Waals surface area (Å²) in [4.78, 5) is 10.2. The van der Waals surface area contributed by atoms with Gasteiger partial charge in [0, 0.05) is 0 Å². The minimum atomic E-state index is -1.19. The molecule has 1 amide bonds. The fourth-order valence-corrected chi connectivity index (χ4v) is 0.342. The highest BCUT2D eigenvalue weighted by Crippen LogP contribution is 2.13. The summed E-state index contributed by atoms with van der Waals surface area (Å²) < 4.78 is 4.48. The molecule has 0 aromatic heterocycles. The van der Waals surface area contributed by atoms with Gasteiger partial charge in [0.2, 0.25) is 0 Å². The summed E-state index contributed by atoms with van der Waals surface area (Å²) >= 11 is 5.56. The molecular formula is C5H11ClN2O2. The van der Waals surface area contributed by atoms with Gasteiger partial charge in [-0.05, 0) is 13.8 Å². The maximum atomic E-state index is 10.2. The average molecular weight is 167 g/mol. The summed E-state index contributed by atoms with van der Waals surface area (Å²) in [6.45, 7) is 3.10. The molecule has 0 aliphatic heterocycles. The Labute approximate surface area is 64.5 Å². The Kier molecular flexibility index (Phi) is 2.93. The van der Waals surface area contributed by atoms with Gasteiger partial charge in [-0.15, -0.1) is 11.6 Å². The maximum Gasteiger partial charge on any atom is 0.406 e. The van der Waals surface area contributed by atoms with E-state index in [1.165, 1.54) is 6.92 Å². The lowest BCUT2D eigenvalue weighted by atomic mass is 10.2. The van der Waals surface area contributed by atoms with Crippen LogP contribution in [0.5, 0.6) is 0 Å². The molecule has 2 unspecified atom stereocenters. The molecule has 0 spiro atoms. The Morgan fingerprint density at radius 3 is 2.30 bits per heavy atom. The molecule has 0 radical (unpaired) electrons. The van der Waals surface area contributed by atoms with E-state index in [2.05, 4.69) is 4.74 Å². The van der Waals surface area contributed by atoms with Gasteiger partial charge in [0.25, 0.3) is 0 Å². The Balaban J connectivity index is 3.99. The lowest BCUT2D eigenvalue weighted by molar-refractivity contribution is 0.0360. The molecule has 0 aliphatic rings. The minimum Gasteiger partial charge on any atom is -0.427 e. The molecule has 0 heterocycles. The third-order valence-electron chi connectivity index (χ3n) is 1.11. The van der Waals surface area contributed by atoms with Crippen molar-refractivity contribution in [3.05, 3.63) is 0 Å². The summed E-state index contributed by atoms with van der Waals surface area (Å²) in [6.07, 6.45) is -0.919. The first-order valence-electron chi connectivity index (χ1n) is 2.77. The molecule has 0 bridgehead atoms. The van der Waals surface area contributed by atoms with Crippen molar-refractivity contribution in [2.45, 2.75) is 24.9 Å². The maximum absolute atomic E-state index is 10.2. The van der Waals surface area contributed by atoms with Crippen LogP contribution in [-0.4, -0.2) is 17.2 Å². The molecule has 10 heavy (non-hydrogen) atoms. The molecule has 0 aromatic rings. The van der Waals surface area contributed by atoms with E-state index >= 15 is 0 Å². The molecular weight excluding hydrogens is 156 g/mol. The normalized spacial score (nSPS) is 19.2. The number of hydrogen-bond donors (Lipinski definition) is 2. The first-order chi connectivity index (χ1) is 4.36. The van der Waals surface area contributed by atoms with Gasteiger partial charge in [-0.2, -0.15) is 0 Å². The number of primary amides is 1. The monoisotopic (exact) mass is 166 g/mol. The standard InChI is InChI=1S/C5H11ClN2O2/c1-3(6)5(2,8)10-4(7)9/h3H,8H2,1-2H3,(H2,7,9). The van der Waals surface area contributed by atoms with E-state index < -0.39 is 17.2 Å². The molecule has 0 fully saturated rings. The predicted octanol–water partition coefficient (Wildman–Crippen LogP) is 0.384. The van der Waals surface area contributed by atoms with Crippen LogP contribution in [0.1, 0.15) is 13.8 Å². The Bertz CT molecular complexity index is 136. The molecule has 0 aliphatic carbocycles. The van der Waals surface area contributed by atoms with Crippen LogP contribution in [0.2, 0.25) is 0 Å². The summed E-state index contributed by atoms with van der Waals surface area (Å²) in [5, 5.41) is -0.472. The van der Waals surface area contributed by atoms with Gasteiger partial charge in [0.1, 0.15) is 0 Å². The van der Waals surface area contributed by atoms with Crippen molar-refractivity contribution in [1.82, 2.24) is 0 Å². The van der Waals surface area contributed by atoms with Gasteiger partial charge >= 0.3 is 6.09 Å². The van der Waals surface area contributed by atoms with Crippen molar-refractivity contribution >= 4 is 17.7 Å². The molecule has 0 saturated carbocycles. The van der Waals surface area contributed by atoms with E-state index in [-0.39, 0.29) is 0 Å². The number of ether oxygens (including phenoxy) is 1. The van der Waals surface area contributed by atoms with Crippen LogP contribution in [0.25, 0.3) is 0 Å². The second-order valence-corrected chi connectivity index (χ2v) is 2.88. The fraction of sp³-hybridized carbons (Fsp3) is 0.800. The number of alkyl halides is 1. The second-order valence-electron chi connectivity index (χ2n) is 2.22. The summed E-state index contributed by atoms with van der Waals surface area (Å²) in [6, 6.07) is 0. The number of rotatable bonds is 2. The van der Waals surface area contributed by atoms with Gasteiger partial charge in [0.05, 0.1) is 5.38 Å². The summed E-state index contributed by atoms with van der Waals surface area (Å²) in [7, 11) is 0. The van der Waals surface area contributed by atoms with Crippen molar-refractivity contribution in [2.24, 2.45) is 11.5 Å². The van der Waals surface area contributed by atoms with Crippen LogP contribution < -0.4 is 11.5 Å². The molecule has 0 saturated heterocycles. The topological polar surface area (TPSA) is 78.3 Å². The van der Waals surface area contributed by atoms with Crippen LogP contribution in [0, 0.1) is 0 Å². The van der Waals surface area contributed by atoms with E-state index in [1.807, 2.05) is 0 Å². The van der Waals surface area contributed by atoms with Crippen LogP contribution in [0.4, 0.5) is 4.79 Å². The van der Waals surface area contributed by atoms with Crippen molar-refractivity contribution in [1.29, 1.82) is 0 Å². The third kappa shape index (κ3) is 2.89. The molecule has 0 rings (SSSR count). The Hall–Kier alpha value is -0.480. The third-order valence-corrected chi connectivity index (χ3v) is 1.54. The van der Waals surface area contributed by atoms with E-state index in [0.29, 0.717) is 0 Å².